The highest BCUT2D eigenvalue weighted by atomic mass is 35.5. The molecule has 3 aromatic carbocycles. The number of amides is 1. The van der Waals surface area contributed by atoms with Gasteiger partial charge in [-0.05, 0) is 42.0 Å². The molecule has 0 bridgehead atoms. The van der Waals surface area contributed by atoms with Gasteiger partial charge in [0.15, 0.2) is 0 Å². The van der Waals surface area contributed by atoms with Crippen molar-refractivity contribution in [2.45, 2.75) is 11.4 Å². The summed E-state index contributed by atoms with van der Waals surface area (Å²) in [5.41, 5.74) is 1.73. The Morgan fingerprint density at radius 3 is 2.18 bits per heavy atom. The summed E-state index contributed by atoms with van der Waals surface area (Å²) in [7, 11) is -2.10. The minimum Gasteiger partial charge on any atom is -0.337 e. The highest BCUT2D eigenvalue weighted by Crippen LogP contribution is 2.24. The minimum absolute atomic E-state index is 0.0506. The number of anilines is 1. The standard InChI is InChI=1S/C21H19ClN2O3S/c1-24(15-16-7-3-2-4-8-16)21(25)17-11-13-18(14-12-17)28(26,27)23-20-10-6-5-9-19(20)22/h2-14,23H,15H2,1H3. The Bertz CT molecular complexity index is 1070. The lowest BCUT2D eigenvalue weighted by atomic mass is 10.1. The van der Waals surface area contributed by atoms with Gasteiger partial charge in [0.1, 0.15) is 0 Å². The van der Waals surface area contributed by atoms with Gasteiger partial charge in [0.25, 0.3) is 15.9 Å². The first kappa shape index (κ1) is 19.9. The lowest BCUT2D eigenvalue weighted by molar-refractivity contribution is 0.0785. The zero-order chi connectivity index (χ0) is 20.1. The number of nitrogens with zero attached hydrogens (tertiary/aromatic N) is 1. The molecule has 5 nitrogen and oxygen atoms in total. The van der Waals surface area contributed by atoms with Crippen LogP contribution in [0.1, 0.15) is 15.9 Å². The Morgan fingerprint density at radius 1 is 0.929 bits per heavy atom. The molecule has 0 fully saturated rings. The highest BCUT2D eigenvalue weighted by molar-refractivity contribution is 7.92. The molecule has 0 atom stereocenters. The zero-order valence-electron chi connectivity index (χ0n) is 15.2. The van der Waals surface area contributed by atoms with Crippen molar-refractivity contribution < 1.29 is 13.2 Å². The van der Waals surface area contributed by atoms with Gasteiger partial charge in [0.2, 0.25) is 0 Å². The zero-order valence-corrected chi connectivity index (χ0v) is 16.7. The van der Waals surface area contributed by atoms with Crippen LogP contribution in [-0.2, 0) is 16.6 Å². The predicted molar refractivity (Wildman–Crippen MR) is 111 cm³/mol. The summed E-state index contributed by atoms with van der Waals surface area (Å²) in [6.45, 7) is 0.466. The highest BCUT2D eigenvalue weighted by Gasteiger charge is 2.17. The van der Waals surface area contributed by atoms with Gasteiger partial charge >= 0.3 is 0 Å². The van der Waals surface area contributed by atoms with E-state index in [1.807, 2.05) is 30.3 Å². The average molecular weight is 415 g/mol. The van der Waals surface area contributed by atoms with E-state index in [9.17, 15) is 13.2 Å². The Morgan fingerprint density at radius 2 is 1.54 bits per heavy atom. The molecular formula is C21H19ClN2O3S. The number of benzene rings is 3. The normalized spacial score (nSPS) is 11.1. The number of carbonyl (C=O) groups excluding carboxylic acids is 1. The number of sulfonamides is 1. The van der Waals surface area contributed by atoms with Crippen LogP contribution >= 0.6 is 11.6 Å². The van der Waals surface area contributed by atoms with Gasteiger partial charge in [0.05, 0.1) is 15.6 Å². The SMILES string of the molecule is CN(Cc1ccccc1)C(=O)c1ccc(S(=O)(=O)Nc2ccccc2Cl)cc1. The monoisotopic (exact) mass is 414 g/mol. The summed E-state index contributed by atoms with van der Waals surface area (Å²) in [4.78, 5) is 14.2. The smallest absolute Gasteiger partial charge is 0.261 e. The van der Waals surface area contributed by atoms with E-state index < -0.39 is 10.0 Å². The van der Waals surface area contributed by atoms with Gasteiger partial charge in [0, 0.05) is 19.2 Å². The fourth-order valence-corrected chi connectivity index (χ4v) is 3.99. The first-order chi connectivity index (χ1) is 13.4. The molecule has 1 N–H and O–H groups in total. The Labute approximate surface area is 169 Å². The van der Waals surface area contributed by atoms with Gasteiger partial charge in [-0.3, -0.25) is 9.52 Å². The van der Waals surface area contributed by atoms with Crippen LogP contribution < -0.4 is 4.72 Å². The Hall–Kier alpha value is -2.83. The molecule has 3 rings (SSSR count). The third kappa shape index (κ3) is 4.71. The summed E-state index contributed by atoms with van der Waals surface area (Å²) in [6, 6.07) is 22.0. The molecule has 28 heavy (non-hydrogen) atoms. The fourth-order valence-electron chi connectivity index (χ4n) is 2.67. The molecule has 0 aromatic heterocycles. The van der Waals surface area contributed by atoms with Gasteiger partial charge in [-0.2, -0.15) is 0 Å². The predicted octanol–water partition coefficient (Wildman–Crippen LogP) is 4.41. The van der Waals surface area contributed by atoms with Crippen molar-refractivity contribution in [2.24, 2.45) is 0 Å². The van der Waals surface area contributed by atoms with Crippen molar-refractivity contribution in [1.82, 2.24) is 4.90 Å². The summed E-state index contributed by atoms with van der Waals surface area (Å²) in [5.74, 6) is -0.188. The molecule has 0 spiro atoms. The van der Waals surface area contributed by atoms with E-state index >= 15 is 0 Å². The van der Waals surface area contributed by atoms with Crippen molar-refractivity contribution in [3.63, 3.8) is 0 Å². The van der Waals surface area contributed by atoms with Gasteiger partial charge in [-0.15, -0.1) is 0 Å². The minimum atomic E-state index is -3.81. The Balaban J connectivity index is 1.73. The van der Waals surface area contributed by atoms with Crippen LogP contribution in [0, 0.1) is 0 Å². The molecular weight excluding hydrogens is 396 g/mol. The van der Waals surface area contributed by atoms with Gasteiger partial charge in [-0.25, -0.2) is 8.42 Å². The van der Waals surface area contributed by atoms with E-state index in [4.69, 9.17) is 11.6 Å². The quantitative estimate of drug-likeness (QED) is 0.649. The second-order valence-corrected chi connectivity index (χ2v) is 8.35. The van der Waals surface area contributed by atoms with Gasteiger partial charge < -0.3 is 4.90 Å². The number of nitrogens with one attached hydrogen (secondary N) is 1. The van der Waals surface area contributed by atoms with E-state index in [0.717, 1.165) is 5.56 Å². The van der Waals surface area contributed by atoms with Crippen LogP contribution in [0.15, 0.2) is 83.8 Å². The van der Waals surface area contributed by atoms with Crippen molar-refractivity contribution in [3.05, 3.63) is 95.0 Å². The summed E-state index contributed by atoms with van der Waals surface area (Å²) >= 11 is 6.01. The average Bonchev–Trinajstić information content (AvgIpc) is 2.70. The third-order valence-electron chi connectivity index (χ3n) is 4.14. The molecule has 0 saturated carbocycles. The second-order valence-electron chi connectivity index (χ2n) is 6.26. The molecule has 144 valence electrons. The number of para-hydroxylation sites is 1. The summed E-state index contributed by atoms with van der Waals surface area (Å²) in [6.07, 6.45) is 0. The van der Waals surface area contributed by atoms with Crippen LogP contribution in [-0.4, -0.2) is 26.3 Å². The first-order valence-electron chi connectivity index (χ1n) is 8.53. The van der Waals surface area contributed by atoms with E-state index in [1.54, 1.807) is 36.2 Å². The Kier molecular flexibility index (Phi) is 6.02. The van der Waals surface area contributed by atoms with Gasteiger partial charge in [-0.1, -0.05) is 54.1 Å². The van der Waals surface area contributed by atoms with Crippen molar-refractivity contribution >= 4 is 33.2 Å². The second kappa shape index (κ2) is 8.46. The molecule has 0 aliphatic rings. The maximum absolute atomic E-state index is 12.6. The molecule has 0 aliphatic heterocycles. The van der Waals surface area contributed by atoms with Crippen LogP contribution in [0.4, 0.5) is 5.69 Å². The fraction of sp³-hybridized carbons (Fsp3) is 0.0952. The molecule has 0 radical (unpaired) electrons. The van der Waals surface area contributed by atoms with E-state index in [1.165, 1.54) is 24.3 Å². The van der Waals surface area contributed by atoms with E-state index in [0.29, 0.717) is 22.8 Å². The van der Waals surface area contributed by atoms with Crippen LogP contribution in [0.3, 0.4) is 0 Å². The number of rotatable bonds is 6. The molecule has 7 heteroatoms. The number of carbonyl (C=O) groups is 1. The number of hydrogen-bond acceptors (Lipinski definition) is 3. The molecule has 0 heterocycles. The topological polar surface area (TPSA) is 66.5 Å². The molecule has 1 amide bonds. The van der Waals surface area contributed by atoms with Crippen molar-refractivity contribution in [1.29, 1.82) is 0 Å². The molecule has 0 unspecified atom stereocenters. The molecule has 0 saturated heterocycles. The largest absolute Gasteiger partial charge is 0.337 e. The maximum atomic E-state index is 12.6. The van der Waals surface area contributed by atoms with Crippen molar-refractivity contribution in [3.8, 4) is 0 Å². The lowest BCUT2D eigenvalue weighted by Gasteiger charge is -2.17. The number of hydrogen-bond donors (Lipinski definition) is 1. The van der Waals surface area contributed by atoms with Crippen LogP contribution in [0.5, 0.6) is 0 Å². The maximum Gasteiger partial charge on any atom is 0.261 e. The molecule has 0 aliphatic carbocycles. The molecule has 3 aromatic rings. The van der Waals surface area contributed by atoms with E-state index in [2.05, 4.69) is 4.72 Å². The van der Waals surface area contributed by atoms with Crippen LogP contribution in [0.25, 0.3) is 0 Å². The first-order valence-corrected chi connectivity index (χ1v) is 10.4. The lowest BCUT2D eigenvalue weighted by Crippen LogP contribution is -2.26. The number of halogens is 1. The van der Waals surface area contributed by atoms with Crippen molar-refractivity contribution in [2.75, 3.05) is 11.8 Å². The summed E-state index contributed by atoms with van der Waals surface area (Å²) < 4.78 is 27.5. The van der Waals surface area contributed by atoms with E-state index in [-0.39, 0.29) is 10.8 Å². The third-order valence-corrected chi connectivity index (χ3v) is 5.85. The van der Waals surface area contributed by atoms with Crippen LogP contribution in [0.2, 0.25) is 5.02 Å². The summed E-state index contributed by atoms with van der Waals surface area (Å²) in [5, 5.41) is 0.306.